The van der Waals surface area contributed by atoms with Gasteiger partial charge < -0.3 is 15.0 Å². The maximum atomic E-state index is 12.2. The first-order chi connectivity index (χ1) is 13.5. The number of hydrogen-bond acceptors (Lipinski definition) is 3. The molecule has 140 valence electrons. The summed E-state index contributed by atoms with van der Waals surface area (Å²) in [5, 5.41) is 21.8. The Morgan fingerprint density at radius 1 is 1.21 bits per heavy atom. The van der Waals surface area contributed by atoms with Crippen molar-refractivity contribution in [2.24, 2.45) is 7.05 Å². The third-order valence-electron chi connectivity index (χ3n) is 4.49. The van der Waals surface area contributed by atoms with Crippen molar-refractivity contribution in [3.05, 3.63) is 77.5 Å². The Labute approximate surface area is 162 Å². The predicted octanol–water partition coefficient (Wildman–Crippen LogP) is 2.88. The van der Waals surface area contributed by atoms with Crippen molar-refractivity contribution in [1.29, 1.82) is 5.26 Å². The second kappa shape index (κ2) is 8.23. The van der Waals surface area contributed by atoms with Crippen molar-refractivity contribution < 1.29 is 14.7 Å². The Morgan fingerprint density at radius 2 is 1.93 bits per heavy atom. The minimum atomic E-state index is -1.09. The van der Waals surface area contributed by atoms with Crippen molar-refractivity contribution in [2.75, 3.05) is 0 Å². The van der Waals surface area contributed by atoms with Crippen molar-refractivity contribution >= 4 is 28.9 Å². The molecule has 0 saturated heterocycles. The molecule has 1 atom stereocenters. The van der Waals surface area contributed by atoms with Crippen LogP contribution in [-0.4, -0.2) is 27.6 Å². The number of aromatic nitrogens is 1. The van der Waals surface area contributed by atoms with E-state index in [-0.39, 0.29) is 6.42 Å². The lowest BCUT2D eigenvalue weighted by Gasteiger charge is -2.13. The molecule has 28 heavy (non-hydrogen) atoms. The first-order valence-corrected chi connectivity index (χ1v) is 8.72. The second-order valence-electron chi connectivity index (χ2n) is 6.45. The van der Waals surface area contributed by atoms with E-state index >= 15 is 0 Å². The Balaban J connectivity index is 1.71. The molecule has 0 aliphatic carbocycles. The summed E-state index contributed by atoms with van der Waals surface area (Å²) in [6, 6.07) is 15.5. The van der Waals surface area contributed by atoms with Crippen LogP contribution < -0.4 is 5.32 Å². The maximum absolute atomic E-state index is 12.2. The largest absolute Gasteiger partial charge is 0.480 e. The quantitative estimate of drug-likeness (QED) is 0.650. The van der Waals surface area contributed by atoms with Crippen LogP contribution in [-0.2, 0) is 23.1 Å². The second-order valence-corrected chi connectivity index (χ2v) is 6.45. The number of aliphatic carboxylic acids is 1. The number of amides is 1. The molecule has 0 saturated carbocycles. The summed E-state index contributed by atoms with van der Waals surface area (Å²) in [7, 11) is 1.90. The summed E-state index contributed by atoms with van der Waals surface area (Å²) in [5.41, 5.74) is 3.15. The van der Waals surface area contributed by atoms with E-state index < -0.39 is 17.9 Å². The van der Waals surface area contributed by atoms with Gasteiger partial charge in [0.05, 0.1) is 11.6 Å². The van der Waals surface area contributed by atoms with Gasteiger partial charge in [0, 0.05) is 36.6 Å². The van der Waals surface area contributed by atoms with Gasteiger partial charge in [-0.3, -0.25) is 4.79 Å². The SMILES string of the molecule is Cn1cc(C[C@H](NC(=O)/C=C/c2ccc(C#N)cc2)C(=O)O)c2ccccc21. The number of nitriles is 1. The maximum Gasteiger partial charge on any atom is 0.326 e. The van der Waals surface area contributed by atoms with Crippen LogP contribution in [0.1, 0.15) is 16.7 Å². The predicted molar refractivity (Wildman–Crippen MR) is 106 cm³/mol. The zero-order valence-corrected chi connectivity index (χ0v) is 15.3. The van der Waals surface area contributed by atoms with E-state index in [0.717, 1.165) is 22.0 Å². The van der Waals surface area contributed by atoms with Gasteiger partial charge in [0.25, 0.3) is 0 Å². The Bertz CT molecular complexity index is 1090. The fourth-order valence-corrected chi connectivity index (χ4v) is 3.07. The smallest absolute Gasteiger partial charge is 0.326 e. The summed E-state index contributed by atoms with van der Waals surface area (Å²) in [6.07, 6.45) is 4.94. The zero-order chi connectivity index (χ0) is 20.1. The topological polar surface area (TPSA) is 95.1 Å². The van der Waals surface area contributed by atoms with Gasteiger partial charge in [0.15, 0.2) is 0 Å². The number of aryl methyl sites for hydroxylation is 1. The number of hydrogen-bond donors (Lipinski definition) is 2. The molecule has 0 spiro atoms. The monoisotopic (exact) mass is 373 g/mol. The molecular formula is C22H19N3O3. The molecule has 1 heterocycles. The highest BCUT2D eigenvalue weighted by atomic mass is 16.4. The normalized spacial score (nSPS) is 12.0. The number of nitrogens with one attached hydrogen (secondary N) is 1. The molecular weight excluding hydrogens is 354 g/mol. The van der Waals surface area contributed by atoms with E-state index in [1.54, 1.807) is 30.3 Å². The summed E-state index contributed by atoms with van der Waals surface area (Å²) in [6.45, 7) is 0. The third kappa shape index (κ3) is 4.27. The molecule has 0 aliphatic rings. The number of carbonyl (C=O) groups is 2. The summed E-state index contributed by atoms with van der Waals surface area (Å²) >= 11 is 0. The van der Waals surface area contributed by atoms with E-state index in [9.17, 15) is 14.7 Å². The van der Waals surface area contributed by atoms with Gasteiger partial charge in [0.2, 0.25) is 5.91 Å². The van der Waals surface area contributed by atoms with E-state index in [2.05, 4.69) is 5.32 Å². The molecule has 1 aromatic heterocycles. The number of benzene rings is 2. The van der Waals surface area contributed by atoms with Crippen LogP contribution in [0.3, 0.4) is 0 Å². The molecule has 2 N–H and O–H groups in total. The van der Waals surface area contributed by atoms with Crippen LogP contribution >= 0.6 is 0 Å². The Kier molecular flexibility index (Phi) is 5.56. The summed E-state index contributed by atoms with van der Waals surface area (Å²) < 4.78 is 1.94. The van der Waals surface area contributed by atoms with Crippen molar-refractivity contribution in [3.8, 4) is 6.07 Å². The lowest BCUT2D eigenvalue weighted by Crippen LogP contribution is -2.41. The van der Waals surface area contributed by atoms with Gasteiger partial charge in [-0.1, -0.05) is 30.3 Å². The molecule has 6 heteroatoms. The Morgan fingerprint density at radius 3 is 2.61 bits per heavy atom. The van der Waals surface area contributed by atoms with Crippen LogP contribution in [0.2, 0.25) is 0 Å². The minimum absolute atomic E-state index is 0.188. The number of nitrogens with zero attached hydrogens (tertiary/aromatic N) is 2. The number of carboxylic acid groups (broad SMARTS) is 1. The van der Waals surface area contributed by atoms with Gasteiger partial charge in [-0.15, -0.1) is 0 Å². The molecule has 3 rings (SSSR count). The number of carboxylic acids is 1. The highest BCUT2D eigenvalue weighted by molar-refractivity contribution is 5.94. The average Bonchev–Trinajstić information content (AvgIpc) is 3.02. The molecule has 2 aromatic carbocycles. The van der Waals surface area contributed by atoms with Crippen LogP contribution in [0.15, 0.2) is 60.8 Å². The van der Waals surface area contributed by atoms with Gasteiger partial charge in [-0.05, 0) is 35.4 Å². The van der Waals surface area contributed by atoms with Gasteiger partial charge in [-0.2, -0.15) is 5.26 Å². The Hall–Kier alpha value is -3.85. The van der Waals surface area contributed by atoms with Gasteiger partial charge in [-0.25, -0.2) is 4.79 Å². The van der Waals surface area contributed by atoms with Crippen LogP contribution in [0.4, 0.5) is 0 Å². The van der Waals surface area contributed by atoms with Crippen molar-refractivity contribution in [2.45, 2.75) is 12.5 Å². The number of carbonyl (C=O) groups excluding carboxylic acids is 1. The van der Waals surface area contributed by atoms with Crippen LogP contribution in [0.25, 0.3) is 17.0 Å². The van der Waals surface area contributed by atoms with Gasteiger partial charge in [0.1, 0.15) is 6.04 Å². The zero-order valence-electron chi connectivity index (χ0n) is 15.3. The lowest BCUT2D eigenvalue weighted by atomic mass is 10.0. The lowest BCUT2D eigenvalue weighted by molar-refractivity contribution is -0.141. The van der Waals surface area contributed by atoms with Crippen LogP contribution in [0.5, 0.6) is 0 Å². The first kappa shape index (κ1) is 18.9. The molecule has 0 radical (unpaired) electrons. The molecule has 0 fully saturated rings. The molecule has 0 unspecified atom stereocenters. The van der Waals surface area contributed by atoms with Crippen LogP contribution in [0, 0.1) is 11.3 Å². The standard InChI is InChI=1S/C22H19N3O3/c1-25-14-17(18-4-2-3-5-20(18)25)12-19(22(27)28)24-21(26)11-10-15-6-8-16(13-23)9-7-15/h2-11,14,19H,12H2,1H3,(H,24,26)(H,27,28)/b11-10+/t19-/m0/s1. The van der Waals surface area contributed by atoms with E-state index in [1.807, 2.05) is 48.1 Å². The number of fused-ring (bicyclic) bond motifs is 1. The molecule has 3 aromatic rings. The minimum Gasteiger partial charge on any atom is -0.480 e. The van der Waals surface area contributed by atoms with Gasteiger partial charge >= 0.3 is 5.97 Å². The highest BCUT2D eigenvalue weighted by Gasteiger charge is 2.21. The van der Waals surface area contributed by atoms with E-state index in [1.165, 1.54) is 6.08 Å². The molecule has 1 amide bonds. The average molecular weight is 373 g/mol. The number of para-hydroxylation sites is 1. The third-order valence-corrected chi connectivity index (χ3v) is 4.49. The molecule has 0 bridgehead atoms. The fraction of sp³-hybridized carbons (Fsp3) is 0.136. The number of rotatable bonds is 6. The van der Waals surface area contributed by atoms with E-state index in [4.69, 9.17) is 5.26 Å². The summed E-state index contributed by atoms with van der Waals surface area (Å²) in [4.78, 5) is 23.8. The highest BCUT2D eigenvalue weighted by Crippen LogP contribution is 2.21. The van der Waals surface area contributed by atoms with Crippen molar-refractivity contribution in [1.82, 2.24) is 9.88 Å². The van der Waals surface area contributed by atoms with Crippen molar-refractivity contribution in [3.63, 3.8) is 0 Å². The molecule has 0 aliphatic heterocycles. The summed E-state index contributed by atoms with van der Waals surface area (Å²) in [5.74, 6) is -1.58. The fourth-order valence-electron chi connectivity index (χ4n) is 3.07. The van der Waals surface area contributed by atoms with E-state index in [0.29, 0.717) is 5.56 Å². The first-order valence-electron chi connectivity index (χ1n) is 8.72. The molecule has 6 nitrogen and oxygen atoms in total.